The third kappa shape index (κ3) is 11.2. The zero-order valence-corrected chi connectivity index (χ0v) is 12.0. The molecule has 0 aliphatic carbocycles. The molecule has 0 spiro atoms. The Bertz CT molecular complexity index is 536. The first-order chi connectivity index (χ1) is 11.5. The summed E-state index contributed by atoms with van der Waals surface area (Å²) in [4.78, 5) is 9.75. The summed E-state index contributed by atoms with van der Waals surface area (Å²) in [5, 5.41) is 7.70. The van der Waals surface area contributed by atoms with Crippen molar-refractivity contribution in [2.24, 2.45) is 0 Å². The van der Waals surface area contributed by atoms with Crippen LogP contribution < -0.4 is 6.15 Å². The van der Waals surface area contributed by atoms with E-state index >= 15 is 0 Å². The summed E-state index contributed by atoms with van der Waals surface area (Å²) in [6.45, 7) is 0. The van der Waals surface area contributed by atoms with Gasteiger partial charge in [0.25, 0.3) is 0 Å². The van der Waals surface area contributed by atoms with Crippen molar-refractivity contribution in [3.63, 3.8) is 0 Å². The van der Waals surface area contributed by atoms with Gasteiger partial charge in [0, 0.05) is 0 Å². The van der Waals surface area contributed by atoms with Gasteiger partial charge in [-0.2, -0.15) is 13.5 Å². The molecule has 0 radical (unpaired) electrons. The summed E-state index contributed by atoms with van der Waals surface area (Å²) in [6.07, 6.45) is -38.2. The van der Waals surface area contributed by atoms with Crippen LogP contribution in [-0.4, -0.2) is 48.7 Å². The van der Waals surface area contributed by atoms with Crippen molar-refractivity contribution in [3.05, 3.63) is 0 Å². The molecule has 0 atom stereocenters. The lowest BCUT2D eigenvalue weighted by molar-refractivity contribution is -0.624. The van der Waals surface area contributed by atoms with Crippen molar-refractivity contribution in [2.45, 2.75) is 37.6 Å². The quantitative estimate of drug-likeness (QED) is 0.374. The van der Waals surface area contributed by atoms with E-state index in [1.165, 1.54) is 0 Å². The molecule has 0 aliphatic rings. The molecule has 0 amide bonds. The first-order valence-electron chi connectivity index (χ1n) is 5.18. The summed E-state index contributed by atoms with van der Waals surface area (Å²) < 4.78 is 168. The third-order valence-electron chi connectivity index (χ3n) is 1.44. The number of ether oxygens (including phenoxy) is 5. The van der Waals surface area contributed by atoms with Crippen LogP contribution in [0, 0.1) is 0 Å². The van der Waals surface area contributed by atoms with Gasteiger partial charge in [0.15, 0.2) is 0 Å². The minimum Gasteiger partial charge on any atom is -0.475 e. The van der Waals surface area contributed by atoms with E-state index in [2.05, 4.69) is 0 Å². The molecule has 0 saturated carbocycles. The standard InChI is InChI=1S/C7HF13O7.H3N/c8-2(9,1(21)22)23-4(13,14)25-6(17,18)27-7(19,20)26-5(15,16)24-3(10,11)12;/h(H,21,22);1H3. The van der Waals surface area contributed by atoms with E-state index < -0.39 is 43.6 Å². The van der Waals surface area contributed by atoms with E-state index in [0.29, 0.717) is 0 Å². The first kappa shape index (κ1) is 28.5. The Balaban J connectivity index is 0. The SMILES string of the molecule is N.O=C(O)C(F)(F)OC(F)(F)OC(F)(F)OC(F)(F)OC(F)(F)OC(F)(F)F. The van der Waals surface area contributed by atoms with E-state index in [0.717, 1.165) is 0 Å². The average molecular weight is 461 g/mol. The van der Waals surface area contributed by atoms with Crippen molar-refractivity contribution < 1.29 is 90.7 Å². The molecule has 0 fully saturated rings. The number of hydrogen-bond donors (Lipinski definition) is 2. The van der Waals surface area contributed by atoms with Crippen LogP contribution in [0.15, 0.2) is 0 Å². The Labute approximate surface area is 142 Å². The Kier molecular flexibility index (Phi) is 8.52. The highest BCUT2D eigenvalue weighted by molar-refractivity contribution is 5.73. The Hall–Kier alpha value is -1.68. The Morgan fingerprint density at radius 3 is 1.04 bits per heavy atom. The van der Waals surface area contributed by atoms with Gasteiger partial charge < -0.3 is 11.3 Å². The lowest BCUT2D eigenvalue weighted by Gasteiger charge is -2.28. The highest BCUT2D eigenvalue weighted by atomic mass is 19.4. The molecule has 0 unspecified atom stereocenters. The lowest BCUT2D eigenvalue weighted by Crippen LogP contribution is -2.48. The minimum absolute atomic E-state index is 0. The van der Waals surface area contributed by atoms with Crippen LogP contribution in [0.2, 0.25) is 0 Å². The van der Waals surface area contributed by atoms with Gasteiger partial charge in [-0.15, -0.1) is 48.3 Å². The lowest BCUT2D eigenvalue weighted by atomic mass is 10.6. The minimum atomic E-state index is -6.57. The molecule has 4 N–H and O–H groups in total. The fourth-order valence-electron chi connectivity index (χ4n) is 0.826. The number of hydrogen-bond acceptors (Lipinski definition) is 7. The zero-order valence-electron chi connectivity index (χ0n) is 12.0. The molecule has 21 heteroatoms. The van der Waals surface area contributed by atoms with Crippen molar-refractivity contribution in [1.82, 2.24) is 6.15 Å². The van der Waals surface area contributed by atoms with E-state index in [-0.39, 0.29) is 6.15 Å². The van der Waals surface area contributed by atoms with Crippen LogP contribution in [0.25, 0.3) is 0 Å². The number of carboxylic acid groups (broad SMARTS) is 1. The number of rotatable bonds is 10. The van der Waals surface area contributed by atoms with Gasteiger partial charge in [-0.25, -0.2) is 23.7 Å². The van der Waals surface area contributed by atoms with Gasteiger partial charge in [0.05, 0.1) is 0 Å². The van der Waals surface area contributed by atoms with Crippen LogP contribution >= 0.6 is 0 Å². The number of aliphatic carboxylic acids is 1. The summed E-state index contributed by atoms with van der Waals surface area (Å²) in [6, 6.07) is 0. The third-order valence-corrected chi connectivity index (χ3v) is 1.44. The van der Waals surface area contributed by atoms with Crippen LogP contribution in [0.1, 0.15) is 0 Å². The predicted molar refractivity (Wildman–Crippen MR) is 48.9 cm³/mol. The van der Waals surface area contributed by atoms with Crippen molar-refractivity contribution in [3.8, 4) is 0 Å². The average Bonchev–Trinajstić information content (AvgIpc) is 2.15. The molecular weight excluding hydrogens is 457 g/mol. The van der Waals surface area contributed by atoms with Gasteiger partial charge >= 0.3 is 43.6 Å². The van der Waals surface area contributed by atoms with Gasteiger partial charge in [0.1, 0.15) is 0 Å². The van der Waals surface area contributed by atoms with E-state index in [4.69, 9.17) is 5.11 Å². The molecule has 28 heavy (non-hydrogen) atoms. The predicted octanol–water partition coefficient (Wildman–Crippen LogP) is 3.63. The molecule has 8 nitrogen and oxygen atoms in total. The van der Waals surface area contributed by atoms with Crippen LogP contribution in [0.3, 0.4) is 0 Å². The molecule has 0 rings (SSSR count). The van der Waals surface area contributed by atoms with E-state index in [1.807, 2.05) is 9.47 Å². The molecular formula is C7H4F13NO7. The number of carbonyl (C=O) groups is 1. The monoisotopic (exact) mass is 461 g/mol. The first-order valence-corrected chi connectivity index (χ1v) is 5.18. The van der Waals surface area contributed by atoms with Crippen LogP contribution in [0.4, 0.5) is 57.1 Å². The maximum atomic E-state index is 12.6. The maximum absolute atomic E-state index is 12.6. The summed E-state index contributed by atoms with van der Waals surface area (Å²) in [7, 11) is 0. The van der Waals surface area contributed by atoms with Crippen molar-refractivity contribution in [1.29, 1.82) is 0 Å². The summed E-state index contributed by atoms with van der Waals surface area (Å²) in [5.74, 6) is -3.49. The molecule has 0 aromatic heterocycles. The molecule has 0 bridgehead atoms. The van der Waals surface area contributed by atoms with Gasteiger partial charge in [0.2, 0.25) is 0 Å². The second-order valence-corrected chi connectivity index (χ2v) is 3.63. The molecule has 0 aliphatic heterocycles. The molecule has 0 saturated heterocycles. The number of carboxylic acids is 1. The fraction of sp³-hybridized carbons (Fsp3) is 0.857. The molecule has 0 aromatic carbocycles. The fourth-order valence-corrected chi connectivity index (χ4v) is 0.826. The maximum Gasteiger partial charge on any atom is 0.529 e. The second-order valence-electron chi connectivity index (χ2n) is 3.63. The Morgan fingerprint density at radius 1 is 0.536 bits per heavy atom. The topological polar surface area (TPSA) is 118 Å². The van der Waals surface area contributed by atoms with Gasteiger partial charge in [-0.05, 0) is 0 Å². The summed E-state index contributed by atoms with van der Waals surface area (Å²) >= 11 is 0. The van der Waals surface area contributed by atoms with Gasteiger partial charge in [-0.1, -0.05) is 0 Å². The van der Waals surface area contributed by atoms with E-state index in [1.54, 1.807) is 14.2 Å². The highest BCUT2D eigenvalue weighted by Crippen LogP contribution is 2.40. The molecule has 0 heterocycles. The number of alkyl halides is 13. The van der Waals surface area contributed by atoms with E-state index in [9.17, 15) is 61.9 Å². The van der Waals surface area contributed by atoms with Gasteiger partial charge in [-0.3, -0.25) is 0 Å². The van der Waals surface area contributed by atoms with Crippen molar-refractivity contribution >= 4 is 5.97 Å². The van der Waals surface area contributed by atoms with Crippen LogP contribution in [0.5, 0.6) is 0 Å². The zero-order chi connectivity index (χ0) is 22.1. The molecule has 170 valence electrons. The molecule has 0 aromatic rings. The van der Waals surface area contributed by atoms with Crippen molar-refractivity contribution in [2.75, 3.05) is 0 Å². The number of halogens is 13. The summed E-state index contributed by atoms with van der Waals surface area (Å²) in [5.41, 5.74) is 0. The highest BCUT2D eigenvalue weighted by Gasteiger charge is 2.62. The normalized spacial score (nSPS) is 14.6. The second kappa shape index (κ2) is 8.36. The largest absolute Gasteiger partial charge is 0.529 e. The Morgan fingerprint density at radius 2 is 0.786 bits per heavy atom. The smallest absolute Gasteiger partial charge is 0.475 e. The van der Waals surface area contributed by atoms with Crippen LogP contribution in [-0.2, 0) is 28.5 Å².